The molecule has 0 spiro atoms. The minimum Gasteiger partial charge on any atom is -0.321 e. The topological polar surface area (TPSA) is 54.9 Å². The molecule has 0 saturated carbocycles. The Bertz CT molecular complexity index is 874. The Labute approximate surface area is 149 Å². The summed E-state index contributed by atoms with van der Waals surface area (Å²) in [6, 6.07) is 13.2. The lowest BCUT2D eigenvalue weighted by atomic mass is 10.1. The number of nitrogens with one attached hydrogen (secondary N) is 1. The molecule has 1 heterocycles. The van der Waals surface area contributed by atoms with Crippen LogP contribution in [0.5, 0.6) is 0 Å². The molecular weight excluding hydrogens is 342 g/mol. The number of aryl methyl sites for hydroxylation is 2. The van der Waals surface area contributed by atoms with Crippen molar-refractivity contribution in [1.82, 2.24) is 9.59 Å². The molecule has 2 aromatic carbocycles. The molecule has 0 saturated heterocycles. The van der Waals surface area contributed by atoms with Gasteiger partial charge in [-0.1, -0.05) is 53.3 Å². The Kier molecular flexibility index (Phi) is 4.92. The average molecular weight is 358 g/mol. The molecule has 1 amide bonds. The number of carbonyl (C=O) groups is 1. The average Bonchev–Trinajstić information content (AvgIpc) is 3.07. The lowest BCUT2D eigenvalue weighted by molar-refractivity contribution is 0.103. The number of hydrogen-bond donors (Lipinski definition) is 1. The Morgan fingerprint density at radius 1 is 1.21 bits per heavy atom. The van der Waals surface area contributed by atoms with E-state index in [-0.39, 0.29) is 5.91 Å². The van der Waals surface area contributed by atoms with Gasteiger partial charge in [0, 0.05) is 16.3 Å². The van der Waals surface area contributed by atoms with E-state index in [4.69, 9.17) is 11.6 Å². The zero-order valence-corrected chi connectivity index (χ0v) is 14.9. The van der Waals surface area contributed by atoms with Gasteiger partial charge in [-0.2, -0.15) is 0 Å². The Morgan fingerprint density at radius 2 is 1.96 bits per heavy atom. The normalized spacial score (nSPS) is 10.6. The number of hydrogen-bond acceptors (Lipinski definition) is 4. The van der Waals surface area contributed by atoms with Gasteiger partial charge in [-0.15, -0.1) is 5.10 Å². The molecule has 4 nitrogen and oxygen atoms in total. The number of para-hydroxylation sites is 1. The summed E-state index contributed by atoms with van der Waals surface area (Å²) >= 11 is 7.01. The third-order valence-electron chi connectivity index (χ3n) is 3.79. The molecule has 3 aromatic rings. The van der Waals surface area contributed by atoms with Crippen LogP contribution in [0.15, 0.2) is 42.5 Å². The van der Waals surface area contributed by atoms with Crippen molar-refractivity contribution in [3.8, 4) is 11.3 Å². The number of benzene rings is 2. The van der Waals surface area contributed by atoms with Gasteiger partial charge in [0.25, 0.3) is 5.91 Å². The minimum atomic E-state index is -0.195. The van der Waals surface area contributed by atoms with Crippen molar-refractivity contribution in [2.45, 2.75) is 20.3 Å². The number of aromatic nitrogens is 2. The van der Waals surface area contributed by atoms with Crippen molar-refractivity contribution in [3.63, 3.8) is 0 Å². The van der Waals surface area contributed by atoms with Gasteiger partial charge in [0.1, 0.15) is 10.6 Å². The van der Waals surface area contributed by atoms with Crippen molar-refractivity contribution in [3.05, 3.63) is 63.5 Å². The predicted molar refractivity (Wildman–Crippen MR) is 98.9 cm³/mol. The molecule has 1 N–H and O–H groups in total. The van der Waals surface area contributed by atoms with Crippen molar-refractivity contribution in [2.24, 2.45) is 0 Å². The van der Waals surface area contributed by atoms with Crippen molar-refractivity contribution >= 4 is 34.7 Å². The Morgan fingerprint density at radius 3 is 2.67 bits per heavy atom. The van der Waals surface area contributed by atoms with Gasteiger partial charge in [0.15, 0.2) is 0 Å². The number of rotatable bonds is 4. The Balaban J connectivity index is 1.93. The highest BCUT2D eigenvalue weighted by Crippen LogP contribution is 2.27. The van der Waals surface area contributed by atoms with E-state index in [9.17, 15) is 4.79 Å². The smallest absolute Gasteiger partial charge is 0.269 e. The molecule has 0 atom stereocenters. The first-order valence-corrected chi connectivity index (χ1v) is 8.73. The third kappa shape index (κ3) is 3.32. The second-order valence-corrected chi connectivity index (χ2v) is 6.56. The van der Waals surface area contributed by atoms with E-state index in [0.29, 0.717) is 15.6 Å². The fraction of sp³-hybridized carbons (Fsp3) is 0.167. The number of amides is 1. The van der Waals surface area contributed by atoms with Crippen LogP contribution >= 0.6 is 23.1 Å². The van der Waals surface area contributed by atoms with Crippen molar-refractivity contribution < 1.29 is 4.79 Å². The maximum Gasteiger partial charge on any atom is 0.269 e. The molecule has 0 unspecified atom stereocenters. The highest BCUT2D eigenvalue weighted by molar-refractivity contribution is 7.08. The molecule has 6 heteroatoms. The summed E-state index contributed by atoms with van der Waals surface area (Å²) in [5.74, 6) is -0.195. The summed E-state index contributed by atoms with van der Waals surface area (Å²) in [4.78, 5) is 13.2. The van der Waals surface area contributed by atoms with Crippen LogP contribution in [0.1, 0.15) is 27.7 Å². The van der Waals surface area contributed by atoms with E-state index < -0.39 is 0 Å². The molecule has 0 radical (unpaired) electrons. The fourth-order valence-electron chi connectivity index (χ4n) is 2.51. The summed E-state index contributed by atoms with van der Waals surface area (Å²) in [6.45, 7) is 4.05. The molecule has 0 fully saturated rings. The highest BCUT2D eigenvalue weighted by atomic mass is 35.5. The molecular formula is C18H16ClN3OS. The zero-order valence-electron chi connectivity index (χ0n) is 13.3. The van der Waals surface area contributed by atoms with Gasteiger partial charge < -0.3 is 5.32 Å². The van der Waals surface area contributed by atoms with Crippen LogP contribution in [0.25, 0.3) is 11.3 Å². The molecule has 0 aliphatic carbocycles. The maximum atomic E-state index is 12.7. The van der Waals surface area contributed by atoms with E-state index >= 15 is 0 Å². The van der Waals surface area contributed by atoms with Crippen LogP contribution in [0.3, 0.4) is 0 Å². The summed E-state index contributed by atoms with van der Waals surface area (Å²) in [5.41, 5.74) is 4.39. The van der Waals surface area contributed by atoms with Crippen LogP contribution < -0.4 is 5.32 Å². The molecule has 0 bridgehead atoms. The van der Waals surface area contributed by atoms with Gasteiger partial charge in [-0.25, -0.2) is 0 Å². The molecule has 24 heavy (non-hydrogen) atoms. The van der Waals surface area contributed by atoms with Crippen molar-refractivity contribution in [2.75, 3.05) is 5.32 Å². The van der Waals surface area contributed by atoms with Crippen LogP contribution in [0, 0.1) is 6.92 Å². The van der Waals surface area contributed by atoms with Crippen LogP contribution in [-0.2, 0) is 6.42 Å². The zero-order chi connectivity index (χ0) is 17.1. The number of anilines is 1. The van der Waals surface area contributed by atoms with Gasteiger partial charge in [-0.05, 0) is 48.1 Å². The fourth-order valence-corrected chi connectivity index (χ4v) is 3.22. The number of carbonyl (C=O) groups excluding carboxylic acids is 1. The van der Waals surface area contributed by atoms with Gasteiger partial charge in [0.2, 0.25) is 0 Å². The number of halogens is 1. The SMILES string of the molecule is CCc1cccc(C)c1NC(=O)c1snnc1-c1ccc(Cl)cc1. The molecule has 0 aliphatic rings. The minimum absolute atomic E-state index is 0.195. The molecule has 0 aliphatic heterocycles. The first-order chi connectivity index (χ1) is 11.6. The monoisotopic (exact) mass is 357 g/mol. The van der Waals surface area contributed by atoms with E-state index in [1.807, 2.05) is 37.3 Å². The van der Waals surface area contributed by atoms with Gasteiger partial charge in [-0.3, -0.25) is 4.79 Å². The van der Waals surface area contributed by atoms with Crippen molar-refractivity contribution in [1.29, 1.82) is 0 Å². The van der Waals surface area contributed by atoms with Crippen LogP contribution in [0.2, 0.25) is 5.02 Å². The lowest BCUT2D eigenvalue weighted by Gasteiger charge is -2.12. The highest BCUT2D eigenvalue weighted by Gasteiger charge is 2.19. The first-order valence-electron chi connectivity index (χ1n) is 7.58. The van der Waals surface area contributed by atoms with Gasteiger partial charge in [0.05, 0.1) is 0 Å². The standard InChI is InChI=1S/C18H16ClN3OS/c1-3-12-6-4-5-11(2)15(12)20-18(23)17-16(21-22-24-17)13-7-9-14(19)10-8-13/h4-10H,3H2,1-2H3,(H,20,23). The summed E-state index contributed by atoms with van der Waals surface area (Å²) < 4.78 is 3.95. The second kappa shape index (κ2) is 7.11. The summed E-state index contributed by atoms with van der Waals surface area (Å²) in [5, 5.41) is 7.77. The lowest BCUT2D eigenvalue weighted by Crippen LogP contribution is -2.14. The summed E-state index contributed by atoms with van der Waals surface area (Å²) in [6.07, 6.45) is 0.849. The van der Waals surface area contributed by atoms with Crippen LogP contribution in [0.4, 0.5) is 5.69 Å². The van der Waals surface area contributed by atoms with E-state index in [2.05, 4.69) is 21.8 Å². The maximum absolute atomic E-state index is 12.7. The summed E-state index contributed by atoms with van der Waals surface area (Å²) in [7, 11) is 0. The predicted octanol–water partition coefficient (Wildman–Crippen LogP) is 4.98. The number of nitrogens with zero attached hydrogens (tertiary/aromatic N) is 2. The first kappa shape index (κ1) is 16.6. The van der Waals surface area contributed by atoms with Crippen LogP contribution in [-0.4, -0.2) is 15.5 Å². The molecule has 3 rings (SSSR count). The molecule has 122 valence electrons. The Hall–Kier alpha value is -2.24. The largest absolute Gasteiger partial charge is 0.321 e. The second-order valence-electron chi connectivity index (χ2n) is 5.37. The van der Waals surface area contributed by atoms with E-state index in [1.54, 1.807) is 12.1 Å². The van der Waals surface area contributed by atoms with Gasteiger partial charge >= 0.3 is 0 Å². The molecule has 1 aromatic heterocycles. The quantitative estimate of drug-likeness (QED) is 0.716. The third-order valence-corrected chi connectivity index (χ3v) is 4.77. The van der Waals surface area contributed by atoms with E-state index in [1.165, 1.54) is 0 Å². The van der Waals surface area contributed by atoms with E-state index in [0.717, 1.165) is 40.3 Å².